The minimum absolute atomic E-state index is 0.0103. The number of likely N-dealkylation sites (N-methyl/N-ethyl adjacent to an activating group) is 2. The Balaban J connectivity index is 1.85. The van der Waals surface area contributed by atoms with Crippen LogP contribution >= 0.6 is 0 Å². The van der Waals surface area contributed by atoms with E-state index in [-0.39, 0.29) is 24.9 Å². The molecule has 156 valence electrons. The molecule has 7 nitrogen and oxygen atoms in total. The van der Waals surface area contributed by atoms with Gasteiger partial charge in [-0.05, 0) is 37.3 Å². The van der Waals surface area contributed by atoms with Crippen molar-refractivity contribution in [2.45, 2.75) is 13.5 Å². The van der Waals surface area contributed by atoms with Gasteiger partial charge in [-0.15, -0.1) is 0 Å². The van der Waals surface area contributed by atoms with Crippen LogP contribution in [0, 0.1) is 6.92 Å². The molecule has 0 spiro atoms. The van der Waals surface area contributed by atoms with E-state index in [1.165, 1.54) is 4.90 Å². The first-order chi connectivity index (χ1) is 13.8. The first-order valence-electron chi connectivity index (χ1n) is 9.45. The maximum atomic E-state index is 12.5. The number of ether oxygens (including phenoxy) is 2. The first kappa shape index (κ1) is 22.2. The zero-order valence-corrected chi connectivity index (χ0v) is 17.7. The molecule has 0 saturated heterocycles. The smallest absolute Gasteiger partial charge is 0.277 e. The standard InChI is InChI=1S/C22H29N3O4/c1-16-6-9-18(10-7-16)23-21(26)14-25(3)22(27)15-24(2)13-17-8-11-19(28-4)20(12-17)29-5/h6-12H,13-15H2,1-5H3,(H,23,26)/p+1. The summed E-state index contributed by atoms with van der Waals surface area (Å²) in [7, 11) is 6.77. The fourth-order valence-corrected chi connectivity index (χ4v) is 2.94. The number of aryl methyl sites for hydroxylation is 1. The van der Waals surface area contributed by atoms with Gasteiger partial charge in [0.25, 0.3) is 5.91 Å². The number of nitrogens with one attached hydrogen (secondary N) is 2. The third-order valence-corrected chi connectivity index (χ3v) is 4.55. The summed E-state index contributed by atoms with van der Waals surface area (Å²) in [4.78, 5) is 27.1. The Hall–Kier alpha value is -3.06. The van der Waals surface area contributed by atoms with Crippen LogP contribution in [-0.2, 0) is 16.1 Å². The van der Waals surface area contributed by atoms with Crippen molar-refractivity contribution in [2.75, 3.05) is 46.7 Å². The Kier molecular flexibility index (Phi) is 8.03. The Bertz CT molecular complexity index is 836. The molecule has 2 aromatic carbocycles. The largest absolute Gasteiger partial charge is 0.493 e. The number of methoxy groups -OCH3 is 2. The van der Waals surface area contributed by atoms with Gasteiger partial charge in [-0.1, -0.05) is 17.7 Å². The molecule has 0 heterocycles. The number of hydrogen-bond acceptors (Lipinski definition) is 4. The number of quaternary nitrogens is 1. The molecule has 29 heavy (non-hydrogen) atoms. The number of carbonyl (C=O) groups excluding carboxylic acids is 2. The van der Waals surface area contributed by atoms with Crippen LogP contribution in [0.3, 0.4) is 0 Å². The second kappa shape index (κ2) is 10.5. The molecule has 0 radical (unpaired) electrons. The lowest BCUT2D eigenvalue weighted by molar-refractivity contribution is -0.885. The van der Waals surface area contributed by atoms with Crippen LogP contribution in [0.1, 0.15) is 11.1 Å². The number of amides is 2. The van der Waals surface area contributed by atoms with Crippen molar-refractivity contribution in [3.63, 3.8) is 0 Å². The Morgan fingerprint density at radius 1 is 1.03 bits per heavy atom. The number of anilines is 1. The lowest BCUT2D eigenvalue weighted by Gasteiger charge is -2.20. The van der Waals surface area contributed by atoms with Crippen molar-refractivity contribution in [3.8, 4) is 11.5 Å². The highest BCUT2D eigenvalue weighted by molar-refractivity contribution is 5.94. The van der Waals surface area contributed by atoms with Gasteiger partial charge in [0.2, 0.25) is 5.91 Å². The Morgan fingerprint density at radius 3 is 2.31 bits per heavy atom. The normalized spacial score (nSPS) is 11.5. The van der Waals surface area contributed by atoms with E-state index >= 15 is 0 Å². The minimum atomic E-state index is -0.220. The highest BCUT2D eigenvalue weighted by Gasteiger charge is 2.18. The van der Waals surface area contributed by atoms with Crippen molar-refractivity contribution in [1.29, 1.82) is 0 Å². The van der Waals surface area contributed by atoms with Gasteiger partial charge in [0.05, 0.1) is 27.8 Å². The van der Waals surface area contributed by atoms with E-state index in [1.807, 2.05) is 56.4 Å². The molecule has 0 aromatic heterocycles. The van der Waals surface area contributed by atoms with Crippen LogP contribution in [0.25, 0.3) is 0 Å². The molecule has 0 saturated carbocycles. The molecule has 0 aliphatic carbocycles. The number of hydrogen-bond donors (Lipinski definition) is 2. The van der Waals surface area contributed by atoms with E-state index in [2.05, 4.69) is 5.32 Å². The average molecular weight is 400 g/mol. The van der Waals surface area contributed by atoms with Gasteiger partial charge in [0, 0.05) is 18.3 Å². The van der Waals surface area contributed by atoms with Crippen LogP contribution in [0.2, 0.25) is 0 Å². The maximum Gasteiger partial charge on any atom is 0.277 e. The Labute approximate surface area is 172 Å². The zero-order valence-electron chi connectivity index (χ0n) is 17.7. The van der Waals surface area contributed by atoms with Gasteiger partial charge in [-0.2, -0.15) is 0 Å². The maximum absolute atomic E-state index is 12.5. The van der Waals surface area contributed by atoms with E-state index in [1.54, 1.807) is 21.3 Å². The van der Waals surface area contributed by atoms with E-state index in [0.717, 1.165) is 21.7 Å². The number of carbonyl (C=O) groups is 2. The molecular formula is C22H30N3O4+. The Morgan fingerprint density at radius 2 is 1.69 bits per heavy atom. The summed E-state index contributed by atoms with van der Waals surface area (Å²) in [5.41, 5.74) is 2.88. The SMILES string of the molecule is COc1ccc(C[NH+](C)CC(=O)N(C)CC(=O)Nc2ccc(C)cc2)cc1OC. The molecule has 2 N–H and O–H groups in total. The zero-order chi connectivity index (χ0) is 21.4. The van der Waals surface area contributed by atoms with Gasteiger partial charge in [0.1, 0.15) is 6.54 Å². The number of nitrogens with zero attached hydrogens (tertiary/aromatic N) is 1. The van der Waals surface area contributed by atoms with E-state index in [4.69, 9.17) is 9.47 Å². The van der Waals surface area contributed by atoms with Gasteiger partial charge >= 0.3 is 0 Å². The average Bonchev–Trinajstić information content (AvgIpc) is 2.69. The molecule has 0 aliphatic rings. The summed E-state index contributed by atoms with van der Waals surface area (Å²) in [5.74, 6) is 1.02. The van der Waals surface area contributed by atoms with Crippen molar-refractivity contribution in [3.05, 3.63) is 53.6 Å². The third-order valence-electron chi connectivity index (χ3n) is 4.55. The fraction of sp³-hybridized carbons (Fsp3) is 0.364. The summed E-state index contributed by atoms with van der Waals surface area (Å²) in [5, 5.41) is 2.81. The van der Waals surface area contributed by atoms with E-state index < -0.39 is 0 Å². The van der Waals surface area contributed by atoms with Crippen molar-refractivity contribution < 1.29 is 24.0 Å². The van der Waals surface area contributed by atoms with Crippen LogP contribution in [-0.4, -0.2) is 58.1 Å². The highest BCUT2D eigenvalue weighted by Crippen LogP contribution is 2.27. The topological polar surface area (TPSA) is 72.3 Å². The fourth-order valence-electron chi connectivity index (χ4n) is 2.94. The van der Waals surface area contributed by atoms with Crippen LogP contribution < -0.4 is 19.7 Å². The summed E-state index contributed by atoms with van der Waals surface area (Å²) in [6.07, 6.45) is 0. The molecular weight excluding hydrogens is 370 g/mol. The van der Waals surface area contributed by atoms with Gasteiger partial charge in [-0.25, -0.2) is 0 Å². The highest BCUT2D eigenvalue weighted by atomic mass is 16.5. The summed E-state index contributed by atoms with van der Waals surface area (Å²) in [6.45, 7) is 2.92. The second-order valence-corrected chi connectivity index (χ2v) is 7.16. The predicted molar refractivity (Wildman–Crippen MR) is 112 cm³/mol. The van der Waals surface area contributed by atoms with Crippen molar-refractivity contribution >= 4 is 17.5 Å². The molecule has 0 bridgehead atoms. The van der Waals surface area contributed by atoms with Gasteiger partial charge in [-0.3, -0.25) is 9.59 Å². The van der Waals surface area contributed by atoms with Gasteiger partial charge in [0.15, 0.2) is 18.0 Å². The molecule has 2 aromatic rings. The van der Waals surface area contributed by atoms with Crippen LogP contribution in [0.5, 0.6) is 11.5 Å². The lowest BCUT2D eigenvalue weighted by Crippen LogP contribution is -3.08. The molecule has 0 aliphatic heterocycles. The summed E-state index contributed by atoms with van der Waals surface area (Å²) in [6, 6.07) is 13.3. The molecule has 1 atom stereocenters. The van der Waals surface area contributed by atoms with E-state index in [9.17, 15) is 9.59 Å². The van der Waals surface area contributed by atoms with Crippen molar-refractivity contribution in [2.24, 2.45) is 0 Å². The molecule has 1 unspecified atom stereocenters. The third kappa shape index (κ3) is 6.80. The van der Waals surface area contributed by atoms with Crippen LogP contribution in [0.15, 0.2) is 42.5 Å². The monoisotopic (exact) mass is 400 g/mol. The van der Waals surface area contributed by atoms with Crippen LogP contribution in [0.4, 0.5) is 5.69 Å². The summed E-state index contributed by atoms with van der Waals surface area (Å²) >= 11 is 0. The molecule has 2 amide bonds. The summed E-state index contributed by atoms with van der Waals surface area (Å²) < 4.78 is 10.6. The molecule has 2 rings (SSSR count). The quantitative estimate of drug-likeness (QED) is 0.662. The lowest BCUT2D eigenvalue weighted by atomic mass is 10.2. The number of benzene rings is 2. The predicted octanol–water partition coefficient (Wildman–Crippen LogP) is 1.12. The molecule has 7 heteroatoms. The van der Waals surface area contributed by atoms with Gasteiger partial charge < -0.3 is 24.6 Å². The minimum Gasteiger partial charge on any atom is -0.493 e. The number of rotatable bonds is 9. The molecule has 0 fully saturated rings. The van der Waals surface area contributed by atoms with Crippen molar-refractivity contribution in [1.82, 2.24) is 4.90 Å². The van der Waals surface area contributed by atoms with E-state index in [0.29, 0.717) is 18.0 Å². The first-order valence-corrected chi connectivity index (χ1v) is 9.45. The second-order valence-electron chi connectivity index (χ2n) is 7.16.